The van der Waals surface area contributed by atoms with Crippen molar-refractivity contribution in [2.24, 2.45) is 11.6 Å². The first-order valence-corrected chi connectivity index (χ1v) is 7.35. The van der Waals surface area contributed by atoms with Crippen LogP contribution in [0.3, 0.4) is 0 Å². The Bertz CT molecular complexity index is 713. The van der Waals surface area contributed by atoms with Gasteiger partial charge in [-0.3, -0.25) is 0 Å². The summed E-state index contributed by atoms with van der Waals surface area (Å²) in [5.41, 5.74) is 7.45. The van der Waals surface area contributed by atoms with Crippen LogP contribution in [0, 0.1) is 0 Å². The fraction of sp³-hybridized carbons (Fsp3) is 0.333. The van der Waals surface area contributed by atoms with Crippen molar-refractivity contribution in [1.29, 1.82) is 0 Å². The predicted octanol–water partition coefficient (Wildman–Crippen LogP) is 2.27. The summed E-state index contributed by atoms with van der Waals surface area (Å²) in [5.74, 6) is 4.32. The summed E-state index contributed by atoms with van der Waals surface area (Å²) in [7, 11) is 0. The quantitative estimate of drug-likeness (QED) is 0.579. The van der Waals surface area contributed by atoms with Gasteiger partial charge in [0.2, 0.25) is 5.82 Å². The molecule has 1 aromatic heterocycles. The minimum atomic E-state index is -4.67. The number of hydrazine groups is 1. The van der Waals surface area contributed by atoms with E-state index in [1.807, 2.05) is 6.92 Å². The Balaban J connectivity index is 2.01. The standard InChI is InChI=1S/C15H18F3N5O2/c1-2-24-9-12(19)8-23(20)7-10-3-5-11(6-4-10)13-21-14(25-22-13)15(16,17)18/h3-6,8H,2,7,9,19-20H2,1H3/b12-8-. The highest BCUT2D eigenvalue weighted by atomic mass is 19.4. The van der Waals surface area contributed by atoms with E-state index in [0.717, 1.165) is 5.56 Å². The number of aromatic nitrogens is 2. The van der Waals surface area contributed by atoms with Gasteiger partial charge in [0.25, 0.3) is 0 Å². The highest BCUT2D eigenvalue weighted by molar-refractivity contribution is 5.54. The summed E-state index contributed by atoms with van der Waals surface area (Å²) < 4.78 is 46.8. The van der Waals surface area contributed by atoms with Crippen LogP contribution in [0.1, 0.15) is 18.4 Å². The number of halogens is 3. The number of rotatable bonds is 7. The van der Waals surface area contributed by atoms with Crippen LogP contribution >= 0.6 is 0 Å². The van der Waals surface area contributed by atoms with Gasteiger partial charge in [0.05, 0.1) is 18.8 Å². The Hall–Kier alpha value is -2.59. The van der Waals surface area contributed by atoms with Crippen molar-refractivity contribution < 1.29 is 22.4 Å². The second-order valence-electron chi connectivity index (χ2n) is 5.13. The summed E-state index contributed by atoms with van der Waals surface area (Å²) in [5, 5.41) is 4.72. The molecule has 0 fully saturated rings. The lowest BCUT2D eigenvalue weighted by atomic mass is 10.1. The van der Waals surface area contributed by atoms with E-state index in [4.69, 9.17) is 16.3 Å². The molecule has 2 rings (SSSR count). The van der Waals surface area contributed by atoms with E-state index >= 15 is 0 Å². The molecule has 0 saturated carbocycles. The van der Waals surface area contributed by atoms with Crippen LogP contribution in [0.5, 0.6) is 0 Å². The molecule has 25 heavy (non-hydrogen) atoms. The van der Waals surface area contributed by atoms with E-state index < -0.39 is 12.1 Å². The second-order valence-corrected chi connectivity index (χ2v) is 5.13. The van der Waals surface area contributed by atoms with Gasteiger partial charge in [0.15, 0.2) is 0 Å². The molecule has 0 bridgehead atoms. The van der Waals surface area contributed by atoms with Crippen LogP contribution in [0.2, 0.25) is 0 Å². The minimum absolute atomic E-state index is 0.135. The zero-order valence-corrected chi connectivity index (χ0v) is 13.5. The molecule has 7 nitrogen and oxygen atoms in total. The first-order valence-electron chi connectivity index (χ1n) is 7.35. The molecule has 0 unspecified atom stereocenters. The normalized spacial score (nSPS) is 12.4. The van der Waals surface area contributed by atoms with Crippen molar-refractivity contribution in [2.45, 2.75) is 19.6 Å². The highest BCUT2D eigenvalue weighted by Gasteiger charge is 2.38. The average Bonchev–Trinajstić information content (AvgIpc) is 3.03. The molecule has 0 radical (unpaired) electrons. The lowest BCUT2D eigenvalue weighted by molar-refractivity contribution is -0.159. The zero-order valence-electron chi connectivity index (χ0n) is 13.5. The summed E-state index contributed by atoms with van der Waals surface area (Å²) in [6, 6.07) is 6.57. The number of alkyl halides is 3. The molecule has 136 valence electrons. The topological polar surface area (TPSA) is 103 Å². The van der Waals surface area contributed by atoms with E-state index in [1.54, 1.807) is 30.5 Å². The fourth-order valence-corrected chi connectivity index (χ4v) is 1.94. The van der Waals surface area contributed by atoms with Crippen molar-refractivity contribution in [3.63, 3.8) is 0 Å². The lowest BCUT2D eigenvalue weighted by Crippen LogP contribution is -2.26. The SMILES string of the molecule is CCOC/C(N)=C/N(N)Cc1ccc(-c2noc(C(F)(F)F)n2)cc1. The molecule has 2 aromatic rings. The molecular formula is C15H18F3N5O2. The largest absolute Gasteiger partial charge is 0.471 e. The number of ether oxygens (including phenoxy) is 1. The highest BCUT2D eigenvalue weighted by Crippen LogP contribution is 2.29. The summed E-state index contributed by atoms with van der Waals surface area (Å²) in [6.45, 7) is 3.04. The zero-order chi connectivity index (χ0) is 18.4. The van der Waals surface area contributed by atoms with Crippen LogP contribution in [-0.4, -0.2) is 28.4 Å². The number of benzene rings is 1. The van der Waals surface area contributed by atoms with Crippen LogP contribution in [0.25, 0.3) is 11.4 Å². The van der Waals surface area contributed by atoms with Gasteiger partial charge in [-0.1, -0.05) is 29.4 Å². The summed E-state index contributed by atoms with van der Waals surface area (Å²) >= 11 is 0. The Morgan fingerprint density at radius 1 is 1.32 bits per heavy atom. The maximum Gasteiger partial charge on any atom is 0.471 e. The van der Waals surface area contributed by atoms with Gasteiger partial charge in [-0.25, -0.2) is 5.84 Å². The van der Waals surface area contributed by atoms with Crippen LogP contribution in [0.4, 0.5) is 13.2 Å². The molecule has 10 heteroatoms. The Morgan fingerprint density at radius 2 is 2.00 bits per heavy atom. The van der Waals surface area contributed by atoms with Gasteiger partial charge < -0.3 is 20.0 Å². The predicted molar refractivity (Wildman–Crippen MR) is 83.2 cm³/mol. The van der Waals surface area contributed by atoms with Gasteiger partial charge in [-0.05, 0) is 12.5 Å². The van der Waals surface area contributed by atoms with Crippen molar-refractivity contribution in [1.82, 2.24) is 15.1 Å². The van der Waals surface area contributed by atoms with Crippen molar-refractivity contribution >= 4 is 0 Å². The molecule has 1 aromatic carbocycles. The molecule has 0 atom stereocenters. The third kappa shape index (κ3) is 5.47. The molecular weight excluding hydrogens is 339 g/mol. The van der Waals surface area contributed by atoms with Crippen LogP contribution < -0.4 is 11.6 Å². The minimum Gasteiger partial charge on any atom is -0.399 e. The molecule has 0 amide bonds. The van der Waals surface area contributed by atoms with Crippen LogP contribution in [0.15, 0.2) is 40.7 Å². The van der Waals surface area contributed by atoms with Gasteiger partial charge >= 0.3 is 12.1 Å². The third-order valence-electron chi connectivity index (χ3n) is 3.05. The Labute approximate surface area is 142 Å². The molecule has 0 aliphatic rings. The lowest BCUT2D eigenvalue weighted by Gasteiger charge is -2.15. The fourth-order valence-electron chi connectivity index (χ4n) is 1.94. The molecule has 0 saturated heterocycles. The summed E-state index contributed by atoms with van der Waals surface area (Å²) in [4.78, 5) is 3.33. The number of nitrogens with two attached hydrogens (primary N) is 2. The van der Waals surface area contributed by atoms with Gasteiger partial charge in [0.1, 0.15) is 0 Å². The molecule has 4 N–H and O–H groups in total. The molecule has 0 aliphatic heterocycles. The van der Waals surface area contributed by atoms with Gasteiger partial charge in [-0.2, -0.15) is 18.2 Å². The Kier molecular flexibility index (Phi) is 5.99. The maximum absolute atomic E-state index is 12.5. The average molecular weight is 357 g/mol. The molecule has 1 heterocycles. The van der Waals surface area contributed by atoms with E-state index in [9.17, 15) is 13.2 Å². The monoisotopic (exact) mass is 357 g/mol. The Morgan fingerprint density at radius 3 is 2.56 bits per heavy atom. The van der Waals surface area contributed by atoms with E-state index in [2.05, 4.69) is 14.7 Å². The molecule has 0 aliphatic carbocycles. The first-order chi connectivity index (χ1) is 11.8. The van der Waals surface area contributed by atoms with Gasteiger partial charge in [-0.15, -0.1) is 0 Å². The van der Waals surface area contributed by atoms with Crippen molar-refractivity contribution in [2.75, 3.05) is 13.2 Å². The smallest absolute Gasteiger partial charge is 0.399 e. The van der Waals surface area contributed by atoms with Crippen molar-refractivity contribution in [3.05, 3.63) is 47.6 Å². The first kappa shape index (κ1) is 18.7. The number of hydrogen-bond donors (Lipinski definition) is 2. The number of nitrogens with zero attached hydrogens (tertiary/aromatic N) is 3. The maximum atomic E-state index is 12.5. The van der Waals surface area contributed by atoms with E-state index in [0.29, 0.717) is 24.4 Å². The van der Waals surface area contributed by atoms with E-state index in [1.165, 1.54) is 5.01 Å². The summed E-state index contributed by atoms with van der Waals surface area (Å²) in [6.07, 6.45) is -3.11. The third-order valence-corrected chi connectivity index (χ3v) is 3.05. The van der Waals surface area contributed by atoms with E-state index in [-0.39, 0.29) is 12.4 Å². The van der Waals surface area contributed by atoms with Crippen LogP contribution in [-0.2, 0) is 17.5 Å². The van der Waals surface area contributed by atoms with Crippen molar-refractivity contribution in [3.8, 4) is 11.4 Å². The molecule has 0 spiro atoms. The second kappa shape index (κ2) is 7.99. The van der Waals surface area contributed by atoms with Gasteiger partial charge in [0, 0.05) is 18.4 Å². The number of hydrogen-bond acceptors (Lipinski definition) is 7.